The molecule has 0 radical (unpaired) electrons. The zero-order valence-corrected chi connectivity index (χ0v) is 19.1. The van der Waals surface area contributed by atoms with E-state index in [0.29, 0.717) is 11.1 Å². The lowest BCUT2D eigenvalue weighted by Crippen LogP contribution is -2.42. The lowest BCUT2D eigenvalue weighted by Gasteiger charge is -2.26. The predicted molar refractivity (Wildman–Crippen MR) is 127 cm³/mol. The molecule has 6 heteroatoms. The van der Waals surface area contributed by atoms with E-state index in [1.165, 1.54) is 0 Å². The van der Waals surface area contributed by atoms with Gasteiger partial charge in [-0.05, 0) is 63.1 Å². The molecule has 33 heavy (non-hydrogen) atoms. The van der Waals surface area contributed by atoms with E-state index < -0.39 is 11.8 Å². The van der Waals surface area contributed by atoms with Crippen LogP contribution in [0.4, 0.5) is 0 Å². The lowest BCUT2D eigenvalue weighted by molar-refractivity contribution is -0.140. The van der Waals surface area contributed by atoms with Crippen LogP contribution in [-0.2, 0) is 9.59 Å². The standard InChI is InChI=1S/C27H24N4O2/c1-5-30-26(32)23(19(4)24(15-28)27(30)33)14-20-16-31(21-9-7-6-8-10-21)29-25(20)22-13-17(2)11-12-18(22)3/h6-14,16H,5H2,1-4H3/b23-14+. The van der Waals surface area contributed by atoms with E-state index in [-0.39, 0.29) is 12.1 Å². The Labute approximate surface area is 193 Å². The summed E-state index contributed by atoms with van der Waals surface area (Å²) in [5.41, 5.74) is 6.18. The molecule has 1 aromatic heterocycles. The van der Waals surface area contributed by atoms with Gasteiger partial charge in [-0.25, -0.2) is 4.68 Å². The van der Waals surface area contributed by atoms with Crippen LogP contribution in [0.1, 0.15) is 30.5 Å². The quantitative estimate of drug-likeness (QED) is 0.436. The second-order valence-electron chi connectivity index (χ2n) is 8.06. The molecular weight excluding hydrogens is 412 g/mol. The molecule has 164 valence electrons. The van der Waals surface area contributed by atoms with Gasteiger partial charge in [0.1, 0.15) is 17.3 Å². The molecule has 0 fully saturated rings. The summed E-state index contributed by atoms with van der Waals surface area (Å²) in [5.74, 6) is -0.951. The fourth-order valence-electron chi connectivity index (χ4n) is 3.98. The Morgan fingerprint density at radius 3 is 2.42 bits per heavy atom. The first-order valence-corrected chi connectivity index (χ1v) is 10.8. The molecule has 2 aromatic carbocycles. The van der Waals surface area contributed by atoms with Crippen molar-refractivity contribution in [3.8, 4) is 23.0 Å². The Morgan fingerprint density at radius 2 is 1.76 bits per heavy atom. The number of nitriles is 1. The molecule has 2 amide bonds. The van der Waals surface area contributed by atoms with Crippen molar-refractivity contribution in [2.24, 2.45) is 0 Å². The highest BCUT2D eigenvalue weighted by Crippen LogP contribution is 2.32. The fourth-order valence-corrected chi connectivity index (χ4v) is 3.98. The van der Waals surface area contributed by atoms with Crippen LogP contribution in [0.5, 0.6) is 0 Å². The van der Waals surface area contributed by atoms with E-state index >= 15 is 0 Å². The molecule has 0 saturated carbocycles. The summed E-state index contributed by atoms with van der Waals surface area (Å²) in [6, 6.07) is 17.9. The summed E-state index contributed by atoms with van der Waals surface area (Å²) >= 11 is 0. The normalized spacial score (nSPS) is 15.4. The Morgan fingerprint density at radius 1 is 1.03 bits per heavy atom. The van der Waals surface area contributed by atoms with Gasteiger partial charge in [0.15, 0.2) is 0 Å². The van der Waals surface area contributed by atoms with E-state index in [1.54, 1.807) is 24.6 Å². The van der Waals surface area contributed by atoms with Crippen molar-refractivity contribution in [1.82, 2.24) is 14.7 Å². The summed E-state index contributed by atoms with van der Waals surface area (Å²) in [5, 5.41) is 14.4. The maximum absolute atomic E-state index is 13.2. The van der Waals surface area contributed by atoms with Crippen molar-refractivity contribution in [2.45, 2.75) is 27.7 Å². The third-order valence-corrected chi connectivity index (χ3v) is 5.85. The van der Waals surface area contributed by atoms with Gasteiger partial charge in [-0.3, -0.25) is 14.5 Å². The number of carbonyl (C=O) groups excluding carboxylic acids is 2. The molecule has 0 atom stereocenters. The number of imide groups is 1. The summed E-state index contributed by atoms with van der Waals surface area (Å²) in [7, 11) is 0. The number of hydrogen-bond donors (Lipinski definition) is 0. The van der Waals surface area contributed by atoms with Crippen LogP contribution in [-0.4, -0.2) is 33.0 Å². The van der Waals surface area contributed by atoms with E-state index in [2.05, 4.69) is 6.07 Å². The van der Waals surface area contributed by atoms with Gasteiger partial charge in [-0.15, -0.1) is 0 Å². The number of aromatic nitrogens is 2. The minimum atomic E-state index is -0.547. The average molecular weight is 437 g/mol. The van der Waals surface area contributed by atoms with Crippen molar-refractivity contribution >= 4 is 17.9 Å². The zero-order valence-electron chi connectivity index (χ0n) is 19.1. The van der Waals surface area contributed by atoms with Crippen LogP contribution in [0, 0.1) is 25.2 Å². The molecule has 0 unspecified atom stereocenters. The molecule has 0 saturated heterocycles. The monoisotopic (exact) mass is 436 g/mol. The Balaban J connectivity index is 1.98. The Kier molecular flexibility index (Phi) is 5.80. The maximum Gasteiger partial charge on any atom is 0.271 e. The highest BCUT2D eigenvalue weighted by atomic mass is 16.2. The second kappa shape index (κ2) is 8.71. The third-order valence-electron chi connectivity index (χ3n) is 5.85. The number of rotatable bonds is 4. The van der Waals surface area contributed by atoms with E-state index in [1.807, 2.05) is 68.6 Å². The summed E-state index contributed by atoms with van der Waals surface area (Å²) in [6.07, 6.45) is 3.62. The van der Waals surface area contributed by atoms with Gasteiger partial charge < -0.3 is 0 Å². The van der Waals surface area contributed by atoms with Gasteiger partial charge >= 0.3 is 0 Å². The molecular formula is C27H24N4O2. The number of amides is 2. The van der Waals surface area contributed by atoms with Crippen molar-refractivity contribution in [3.63, 3.8) is 0 Å². The van der Waals surface area contributed by atoms with Gasteiger partial charge in [0, 0.05) is 29.4 Å². The molecule has 1 aliphatic rings. The number of para-hydroxylation sites is 1. The smallest absolute Gasteiger partial charge is 0.271 e. The predicted octanol–water partition coefficient (Wildman–Crippen LogP) is 4.77. The molecule has 0 bridgehead atoms. The highest BCUT2D eigenvalue weighted by Gasteiger charge is 2.34. The average Bonchev–Trinajstić information content (AvgIpc) is 3.23. The Bertz CT molecular complexity index is 1370. The van der Waals surface area contributed by atoms with Crippen LogP contribution >= 0.6 is 0 Å². The SMILES string of the molecule is CCN1C(=O)C(C#N)=C(C)/C(=C\c2cn(-c3ccccc3)nc2-c2cc(C)ccc2C)C1=O. The largest absolute Gasteiger partial charge is 0.274 e. The number of aryl methyl sites for hydroxylation is 2. The molecule has 0 N–H and O–H groups in total. The first-order chi connectivity index (χ1) is 15.8. The van der Waals surface area contributed by atoms with Crippen molar-refractivity contribution in [3.05, 3.63) is 88.1 Å². The van der Waals surface area contributed by atoms with E-state index in [0.717, 1.165) is 38.5 Å². The van der Waals surface area contributed by atoms with Gasteiger partial charge in [-0.2, -0.15) is 10.4 Å². The number of hydrogen-bond acceptors (Lipinski definition) is 4. The minimum absolute atomic E-state index is 0.00793. The summed E-state index contributed by atoms with van der Waals surface area (Å²) < 4.78 is 1.78. The molecule has 0 spiro atoms. The van der Waals surface area contributed by atoms with Gasteiger partial charge in [0.25, 0.3) is 11.8 Å². The summed E-state index contributed by atoms with van der Waals surface area (Å²) in [6.45, 7) is 7.61. The third kappa shape index (κ3) is 3.90. The van der Waals surface area contributed by atoms with Crippen LogP contribution in [0.25, 0.3) is 23.0 Å². The van der Waals surface area contributed by atoms with Crippen molar-refractivity contribution in [2.75, 3.05) is 6.54 Å². The first kappa shape index (κ1) is 22.0. The topological polar surface area (TPSA) is 79.0 Å². The van der Waals surface area contributed by atoms with Crippen LogP contribution < -0.4 is 0 Å². The first-order valence-electron chi connectivity index (χ1n) is 10.8. The molecule has 4 rings (SSSR count). The van der Waals surface area contributed by atoms with Gasteiger partial charge in [0.2, 0.25) is 0 Å². The molecule has 2 heterocycles. The zero-order chi connectivity index (χ0) is 23.7. The van der Waals surface area contributed by atoms with Crippen molar-refractivity contribution < 1.29 is 9.59 Å². The molecule has 0 aliphatic carbocycles. The second-order valence-corrected chi connectivity index (χ2v) is 8.06. The Hall–Kier alpha value is -4.24. The maximum atomic E-state index is 13.2. The number of benzene rings is 2. The fraction of sp³-hybridized carbons (Fsp3) is 0.185. The molecule has 6 nitrogen and oxygen atoms in total. The van der Waals surface area contributed by atoms with Crippen molar-refractivity contribution in [1.29, 1.82) is 5.26 Å². The van der Waals surface area contributed by atoms with Gasteiger partial charge in [-0.1, -0.05) is 35.9 Å². The highest BCUT2D eigenvalue weighted by molar-refractivity contribution is 6.19. The van der Waals surface area contributed by atoms with E-state index in [4.69, 9.17) is 5.10 Å². The molecule has 1 aliphatic heterocycles. The lowest BCUT2D eigenvalue weighted by atomic mass is 9.92. The van der Waals surface area contributed by atoms with E-state index in [9.17, 15) is 14.9 Å². The van der Waals surface area contributed by atoms with Crippen LogP contribution in [0.3, 0.4) is 0 Å². The number of carbonyl (C=O) groups is 2. The minimum Gasteiger partial charge on any atom is -0.274 e. The van der Waals surface area contributed by atoms with Crippen LogP contribution in [0.2, 0.25) is 0 Å². The number of likely N-dealkylation sites (N-methyl/N-ethyl adjacent to an activating group) is 1. The van der Waals surface area contributed by atoms with Gasteiger partial charge in [0.05, 0.1) is 5.69 Å². The van der Waals surface area contributed by atoms with Crippen LogP contribution in [0.15, 0.2) is 71.4 Å². The molecule has 3 aromatic rings. The number of nitrogens with zero attached hydrogens (tertiary/aromatic N) is 4. The summed E-state index contributed by atoms with van der Waals surface area (Å²) in [4.78, 5) is 26.8.